The summed E-state index contributed by atoms with van der Waals surface area (Å²) in [7, 11) is 0. The van der Waals surface area contributed by atoms with E-state index in [-0.39, 0.29) is 0 Å². The van der Waals surface area contributed by atoms with E-state index in [4.69, 9.17) is 4.74 Å². The number of benzene rings is 2. The van der Waals surface area contributed by atoms with Gasteiger partial charge < -0.3 is 0 Å². The van der Waals surface area contributed by atoms with E-state index in [2.05, 4.69) is 30.1 Å². The third-order valence-corrected chi connectivity index (χ3v) is 4.12. The van der Waals surface area contributed by atoms with Crippen LogP contribution >= 0.6 is 0 Å². The second-order valence-corrected chi connectivity index (χ2v) is 6.18. The summed E-state index contributed by atoms with van der Waals surface area (Å²) in [4.78, 5) is 0. The van der Waals surface area contributed by atoms with E-state index < -0.39 is 0 Å². The molecule has 94 valence electrons. The van der Waals surface area contributed by atoms with Crippen LogP contribution in [-0.4, -0.2) is 15.0 Å². The summed E-state index contributed by atoms with van der Waals surface area (Å²) in [6.45, 7) is 0.664. The number of hydrogen-bond donors (Lipinski definition) is 0. The molecule has 2 aromatic rings. The molecule has 0 atom stereocenters. The second-order valence-electron chi connectivity index (χ2n) is 4.11. The van der Waals surface area contributed by atoms with Gasteiger partial charge in [0, 0.05) is 0 Å². The Kier molecular flexibility index (Phi) is 5.32. The maximum atomic E-state index is 5.82. The van der Waals surface area contributed by atoms with Crippen LogP contribution in [0.25, 0.3) is 0 Å². The Morgan fingerprint density at radius 2 is 1.56 bits per heavy atom. The number of rotatable bonds is 6. The predicted octanol–water partition coefficient (Wildman–Crippen LogP) is 3.98. The molecule has 0 N–H and O–H groups in total. The SMILES string of the molecule is C[Se]CCc1ccccc1COc1ccccc1. The van der Waals surface area contributed by atoms with Crippen molar-refractivity contribution in [2.75, 3.05) is 0 Å². The van der Waals surface area contributed by atoms with Gasteiger partial charge in [-0.25, -0.2) is 0 Å². The van der Waals surface area contributed by atoms with E-state index in [1.165, 1.54) is 22.9 Å². The molecule has 2 aromatic carbocycles. The van der Waals surface area contributed by atoms with E-state index >= 15 is 0 Å². The van der Waals surface area contributed by atoms with Crippen LogP contribution in [0.1, 0.15) is 11.1 Å². The van der Waals surface area contributed by atoms with E-state index in [0.29, 0.717) is 6.61 Å². The van der Waals surface area contributed by atoms with Crippen molar-refractivity contribution in [2.24, 2.45) is 0 Å². The van der Waals surface area contributed by atoms with Gasteiger partial charge in [0.05, 0.1) is 0 Å². The fourth-order valence-corrected chi connectivity index (χ4v) is 2.72. The van der Waals surface area contributed by atoms with E-state index in [0.717, 1.165) is 20.7 Å². The summed E-state index contributed by atoms with van der Waals surface area (Å²) in [5.74, 6) is 3.22. The molecule has 0 aromatic heterocycles. The minimum atomic E-state index is 0.664. The van der Waals surface area contributed by atoms with Crippen molar-refractivity contribution in [1.82, 2.24) is 0 Å². The molecule has 0 saturated heterocycles. The van der Waals surface area contributed by atoms with Crippen molar-refractivity contribution in [3.63, 3.8) is 0 Å². The van der Waals surface area contributed by atoms with Crippen LogP contribution in [-0.2, 0) is 13.0 Å². The Balaban J connectivity index is 2.00. The van der Waals surface area contributed by atoms with Gasteiger partial charge in [-0.15, -0.1) is 0 Å². The van der Waals surface area contributed by atoms with Crippen LogP contribution in [0, 0.1) is 0 Å². The van der Waals surface area contributed by atoms with Gasteiger partial charge in [-0.2, -0.15) is 0 Å². The molecule has 1 nitrogen and oxygen atoms in total. The summed E-state index contributed by atoms with van der Waals surface area (Å²) in [5, 5.41) is 1.30. The monoisotopic (exact) mass is 306 g/mol. The molecule has 0 aliphatic heterocycles. The zero-order valence-electron chi connectivity index (χ0n) is 10.6. The minimum absolute atomic E-state index is 0.664. The van der Waals surface area contributed by atoms with Crippen molar-refractivity contribution in [3.8, 4) is 5.75 Å². The molecule has 2 rings (SSSR count). The molecule has 0 aliphatic carbocycles. The molecule has 2 heteroatoms. The van der Waals surface area contributed by atoms with Crippen LogP contribution in [0.5, 0.6) is 5.75 Å². The van der Waals surface area contributed by atoms with Crippen LogP contribution in [0.15, 0.2) is 54.6 Å². The van der Waals surface area contributed by atoms with Gasteiger partial charge in [-0.05, 0) is 0 Å². The number of para-hydroxylation sites is 1. The predicted molar refractivity (Wildman–Crippen MR) is 77.3 cm³/mol. The normalized spacial score (nSPS) is 10.3. The van der Waals surface area contributed by atoms with Crippen molar-refractivity contribution in [3.05, 3.63) is 65.7 Å². The topological polar surface area (TPSA) is 9.23 Å². The quantitative estimate of drug-likeness (QED) is 0.734. The van der Waals surface area contributed by atoms with Crippen molar-refractivity contribution >= 4 is 15.0 Å². The summed E-state index contributed by atoms with van der Waals surface area (Å²) < 4.78 is 5.82. The van der Waals surface area contributed by atoms with Crippen LogP contribution < -0.4 is 4.74 Å². The third-order valence-electron chi connectivity index (χ3n) is 2.83. The molecule has 0 bridgehead atoms. The van der Waals surface area contributed by atoms with Gasteiger partial charge in [0.1, 0.15) is 0 Å². The number of hydrogen-bond acceptors (Lipinski definition) is 1. The molecular weight excluding hydrogens is 287 g/mol. The summed E-state index contributed by atoms with van der Waals surface area (Å²) in [6, 6.07) is 18.6. The van der Waals surface area contributed by atoms with Gasteiger partial charge in [-0.3, -0.25) is 0 Å². The number of ether oxygens (including phenoxy) is 1. The Morgan fingerprint density at radius 3 is 2.28 bits per heavy atom. The van der Waals surface area contributed by atoms with Crippen molar-refractivity contribution in [1.29, 1.82) is 0 Å². The Hall–Kier alpha value is -1.24. The fourth-order valence-electron chi connectivity index (χ4n) is 1.83. The first-order chi connectivity index (χ1) is 8.90. The first kappa shape index (κ1) is 13.2. The van der Waals surface area contributed by atoms with Crippen LogP contribution in [0.2, 0.25) is 11.1 Å². The zero-order chi connectivity index (χ0) is 12.6. The first-order valence-electron chi connectivity index (χ1n) is 6.13. The number of aryl methyl sites for hydroxylation is 1. The Labute approximate surface area is 115 Å². The van der Waals surface area contributed by atoms with Gasteiger partial charge in [0.15, 0.2) is 0 Å². The molecule has 0 radical (unpaired) electrons. The summed E-state index contributed by atoms with van der Waals surface area (Å²) in [6.07, 6.45) is 1.17. The summed E-state index contributed by atoms with van der Waals surface area (Å²) >= 11 is 0.743. The fraction of sp³-hybridized carbons (Fsp3) is 0.250. The van der Waals surface area contributed by atoms with Gasteiger partial charge in [0.25, 0.3) is 0 Å². The molecule has 0 unspecified atom stereocenters. The second kappa shape index (κ2) is 7.25. The molecule has 0 spiro atoms. The average molecular weight is 305 g/mol. The van der Waals surface area contributed by atoms with Crippen molar-refractivity contribution < 1.29 is 4.74 Å². The maximum absolute atomic E-state index is 5.82. The molecule has 0 heterocycles. The zero-order valence-corrected chi connectivity index (χ0v) is 12.3. The molecular formula is C16H18OSe. The van der Waals surface area contributed by atoms with Gasteiger partial charge >= 0.3 is 115 Å². The molecule has 0 amide bonds. The van der Waals surface area contributed by atoms with Crippen molar-refractivity contribution in [2.45, 2.75) is 24.2 Å². The third kappa shape index (κ3) is 3.90. The van der Waals surface area contributed by atoms with E-state index in [1.807, 2.05) is 30.3 Å². The standard InChI is InChI=1S/C16H18OSe/c1-18-12-11-14-7-5-6-8-15(14)13-17-16-9-3-2-4-10-16/h2-10H,11-13H2,1H3. The van der Waals surface area contributed by atoms with Gasteiger partial charge in [0.2, 0.25) is 0 Å². The summed E-state index contributed by atoms with van der Waals surface area (Å²) in [5.41, 5.74) is 2.74. The van der Waals surface area contributed by atoms with Crippen LogP contribution in [0.3, 0.4) is 0 Å². The Bertz CT molecular complexity index is 468. The molecule has 0 saturated carbocycles. The Morgan fingerprint density at radius 1 is 0.889 bits per heavy atom. The van der Waals surface area contributed by atoms with Crippen LogP contribution in [0.4, 0.5) is 0 Å². The van der Waals surface area contributed by atoms with Gasteiger partial charge in [-0.1, -0.05) is 0 Å². The first-order valence-corrected chi connectivity index (χ1v) is 9.06. The molecule has 18 heavy (non-hydrogen) atoms. The molecule has 0 fully saturated rings. The van der Waals surface area contributed by atoms with E-state index in [1.54, 1.807) is 0 Å². The average Bonchev–Trinajstić information content (AvgIpc) is 2.45. The van der Waals surface area contributed by atoms with E-state index in [9.17, 15) is 0 Å². The molecule has 0 aliphatic rings.